The molecule has 0 saturated carbocycles. The van der Waals surface area contributed by atoms with Gasteiger partial charge in [0.15, 0.2) is 5.82 Å². The molecule has 0 radical (unpaired) electrons. The molecule has 1 aromatic heterocycles. The number of anilines is 1. The molecule has 1 heterocycles. The average molecular weight is 901 g/mol. The average Bonchev–Trinajstić information content (AvgIpc) is 3.14. The van der Waals surface area contributed by atoms with Gasteiger partial charge < -0.3 is 68.9 Å². The minimum absolute atomic E-state index is 0. The van der Waals surface area contributed by atoms with E-state index in [1.165, 1.54) is 0 Å². The Balaban J connectivity index is 0.00000171. The van der Waals surface area contributed by atoms with E-state index in [4.69, 9.17) is 48.2 Å². The van der Waals surface area contributed by atoms with Crippen molar-refractivity contribution < 1.29 is 83.5 Å². The summed E-state index contributed by atoms with van der Waals surface area (Å²) in [5, 5.41) is 54.1. The predicted octanol–water partition coefficient (Wildman–Crippen LogP) is 1.36. The number of aromatic nitrogens is 2. The Bertz CT molecular complexity index is 1890. The van der Waals surface area contributed by atoms with E-state index in [1.807, 2.05) is 43.3 Å². The molecule has 0 saturated heterocycles. The van der Waals surface area contributed by atoms with Gasteiger partial charge in [0.1, 0.15) is 29.5 Å². The maximum Gasteiger partial charge on any atom is 2.00 e. The number of fused-ring (bicyclic) bond motifs is 1. The zero-order valence-corrected chi connectivity index (χ0v) is 35.4. The Hall–Kier alpha value is -5.02. The van der Waals surface area contributed by atoms with Crippen LogP contribution in [0.5, 0.6) is 17.2 Å². The zero-order chi connectivity index (χ0) is 42.5. The van der Waals surface area contributed by atoms with Crippen molar-refractivity contribution in [3.05, 3.63) is 65.9 Å². The third kappa shape index (κ3) is 18.9. The quantitative estimate of drug-likeness (QED) is 0.0864. The third-order valence-corrected chi connectivity index (χ3v) is 7.29. The number of benzene rings is 3. The Kier molecular flexibility index (Phi) is 22.9. The molecule has 0 aliphatic rings. The van der Waals surface area contributed by atoms with Gasteiger partial charge in [-0.1, -0.05) is 18.2 Å². The van der Waals surface area contributed by atoms with E-state index in [-0.39, 0.29) is 27.0 Å². The number of rotatable bonds is 17. The summed E-state index contributed by atoms with van der Waals surface area (Å²) in [6.45, 7) is 11.6. The second-order valence-electron chi connectivity index (χ2n) is 13.0. The van der Waals surface area contributed by atoms with Crippen molar-refractivity contribution in [3.63, 3.8) is 0 Å². The van der Waals surface area contributed by atoms with Crippen molar-refractivity contribution in [1.82, 2.24) is 15.5 Å². The largest absolute Gasteiger partial charge is 2.00 e. The molecule has 318 valence electrons. The van der Waals surface area contributed by atoms with E-state index in [0.29, 0.717) is 73.6 Å². The molecule has 1 amide bonds. The van der Waals surface area contributed by atoms with Crippen LogP contribution in [-0.2, 0) is 50.8 Å². The molecule has 0 bridgehead atoms. The number of aliphatic carboxylic acids is 2. The number of alkyl carbamates (subject to hydrolysis) is 1. The fraction of sp³-hybridized carbons (Fsp3) is 0.410. The monoisotopic (exact) mass is 900 g/mol. The van der Waals surface area contributed by atoms with E-state index >= 15 is 0 Å². The van der Waals surface area contributed by atoms with Gasteiger partial charge in [0.05, 0.1) is 46.3 Å². The Morgan fingerprint density at radius 1 is 0.793 bits per heavy atom. The number of carbonyl (C=O) groups excluding carboxylic acids is 3. The summed E-state index contributed by atoms with van der Waals surface area (Å²) in [6.07, 6.45) is -0.484. The normalized spacial score (nSPS) is 10.4. The number of aryl methyl sites for hydroxylation is 1. The summed E-state index contributed by atoms with van der Waals surface area (Å²) < 4.78 is 33.2. The minimum atomic E-state index is -1.64. The van der Waals surface area contributed by atoms with E-state index in [2.05, 4.69) is 20.8 Å². The van der Waals surface area contributed by atoms with Crippen LogP contribution >= 0.6 is 0 Å². The molecule has 3 aromatic carbocycles. The molecule has 0 fully saturated rings. The molecular formula is C39H51BN4O13Pd. The molecule has 58 heavy (non-hydrogen) atoms. The van der Waals surface area contributed by atoms with Gasteiger partial charge in [-0.3, -0.25) is 0 Å². The third-order valence-electron chi connectivity index (χ3n) is 7.29. The molecule has 0 unspecified atom stereocenters. The maximum atomic E-state index is 11.7. The molecule has 0 aliphatic carbocycles. The van der Waals surface area contributed by atoms with Gasteiger partial charge in [0.25, 0.3) is 0 Å². The van der Waals surface area contributed by atoms with Gasteiger partial charge in [-0.15, -0.1) is 5.10 Å². The van der Waals surface area contributed by atoms with Crippen LogP contribution in [0.4, 0.5) is 10.6 Å². The smallest absolute Gasteiger partial charge is 0.550 e. The van der Waals surface area contributed by atoms with E-state index in [0.717, 1.165) is 41.4 Å². The zero-order valence-electron chi connectivity index (χ0n) is 33.8. The van der Waals surface area contributed by atoms with Crippen LogP contribution in [0.2, 0.25) is 0 Å². The predicted molar refractivity (Wildman–Crippen MR) is 209 cm³/mol. The van der Waals surface area contributed by atoms with Crippen molar-refractivity contribution >= 4 is 47.2 Å². The molecule has 4 rings (SSSR count). The molecule has 19 heteroatoms. The molecule has 4 aromatic rings. The van der Waals surface area contributed by atoms with Crippen LogP contribution < -0.4 is 40.5 Å². The Labute approximate surface area is 352 Å². The van der Waals surface area contributed by atoms with Crippen LogP contribution in [0.1, 0.15) is 45.9 Å². The van der Waals surface area contributed by atoms with E-state index in [1.54, 1.807) is 53.2 Å². The minimum Gasteiger partial charge on any atom is -0.550 e. The van der Waals surface area contributed by atoms with Gasteiger partial charge in [0, 0.05) is 53.0 Å². The van der Waals surface area contributed by atoms with Gasteiger partial charge in [0.2, 0.25) is 0 Å². The number of hydrogen-bond acceptors (Lipinski definition) is 16. The summed E-state index contributed by atoms with van der Waals surface area (Å²) >= 11 is 0. The first kappa shape index (κ1) is 51.0. The van der Waals surface area contributed by atoms with Crippen LogP contribution in [0.25, 0.3) is 21.9 Å². The van der Waals surface area contributed by atoms with Crippen LogP contribution in [-0.4, -0.2) is 105 Å². The molecule has 0 aliphatic heterocycles. The number of carboxylic acid groups (broad SMARTS) is 2. The summed E-state index contributed by atoms with van der Waals surface area (Å²) in [6, 6.07) is 16.5. The second kappa shape index (κ2) is 26.1. The van der Waals surface area contributed by atoms with Crippen molar-refractivity contribution in [3.8, 4) is 28.4 Å². The van der Waals surface area contributed by atoms with Gasteiger partial charge >= 0.3 is 33.6 Å². The van der Waals surface area contributed by atoms with Gasteiger partial charge in [-0.25, -0.2) is 4.79 Å². The fourth-order valence-electron chi connectivity index (χ4n) is 4.89. The SMILES string of the molecule is CC(=O)[O-].CC(=O)[O-].COc1ccc(CNc2nnc(C)c3cc(-c4cc(B(O)O)ccc4OCCOCCOCCNC(=O)OC(C)(C)C)ccc23)c(OC)c1.[Pd+2]. The Morgan fingerprint density at radius 3 is 2.03 bits per heavy atom. The van der Waals surface area contributed by atoms with Crippen LogP contribution in [0, 0.1) is 6.92 Å². The summed E-state index contributed by atoms with van der Waals surface area (Å²) in [5.74, 6) is 0.401. The van der Waals surface area contributed by atoms with Crippen LogP contribution in [0.15, 0.2) is 54.6 Å². The number of nitrogens with zero attached hydrogens (tertiary/aromatic N) is 2. The first-order valence-electron chi connectivity index (χ1n) is 17.8. The maximum absolute atomic E-state index is 11.7. The number of hydrogen-bond donors (Lipinski definition) is 4. The number of amides is 1. The number of nitrogens with one attached hydrogen (secondary N) is 2. The first-order valence-corrected chi connectivity index (χ1v) is 17.8. The molecule has 0 atom stereocenters. The van der Waals surface area contributed by atoms with Gasteiger partial charge in [-0.2, -0.15) is 5.10 Å². The van der Waals surface area contributed by atoms with Crippen molar-refractivity contribution in [2.45, 2.75) is 53.7 Å². The fourth-order valence-corrected chi connectivity index (χ4v) is 4.89. The molecule has 17 nitrogen and oxygen atoms in total. The molecule has 4 N–H and O–H groups in total. The van der Waals surface area contributed by atoms with Crippen molar-refractivity contribution in [1.29, 1.82) is 0 Å². The first-order chi connectivity index (χ1) is 26.9. The van der Waals surface area contributed by atoms with Crippen molar-refractivity contribution in [2.75, 3.05) is 59.1 Å². The standard InChI is InChI=1S/C35H45BN4O9.2C2H4O2.Pd/c1-23-29-19-24(8-11-28(29)33(40-39-23)38-22-25-7-10-27(44-5)21-32(25)45-6)30-20-26(36(42)43)9-12-31(30)48-18-17-47-16-15-46-14-13-37-34(41)49-35(2,3)4;2*1-2(3)4;/h7-12,19-21,42-43H,13-18,22H2,1-6H3,(H,37,41)(H,38,40);2*1H3,(H,3,4);/q;;;+2/p-2. The number of methoxy groups -OCH3 is 2. The topological polar surface area (TPSA) is 243 Å². The number of carboxylic acids is 2. The summed E-state index contributed by atoms with van der Waals surface area (Å²) in [5.41, 5.74) is 2.93. The summed E-state index contributed by atoms with van der Waals surface area (Å²) in [7, 11) is 1.58. The Morgan fingerprint density at radius 2 is 1.43 bits per heavy atom. The number of ether oxygens (including phenoxy) is 6. The van der Waals surface area contributed by atoms with E-state index in [9.17, 15) is 14.8 Å². The second-order valence-corrected chi connectivity index (χ2v) is 13.0. The molecular weight excluding hydrogens is 850 g/mol. The molecule has 0 spiro atoms. The van der Waals surface area contributed by atoms with Gasteiger partial charge in [-0.05, 0) is 82.9 Å². The summed E-state index contributed by atoms with van der Waals surface area (Å²) in [4.78, 5) is 29.4. The van der Waals surface area contributed by atoms with Crippen molar-refractivity contribution in [2.24, 2.45) is 0 Å². The van der Waals surface area contributed by atoms with Crippen LogP contribution in [0.3, 0.4) is 0 Å². The van der Waals surface area contributed by atoms with E-state index < -0.39 is 30.8 Å². The number of carbonyl (C=O) groups is 3.